The van der Waals surface area contributed by atoms with E-state index in [1.165, 1.54) is 5.46 Å². The van der Waals surface area contributed by atoms with Crippen LogP contribution in [0.4, 0.5) is 0 Å². The van der Waals surface area contributed by atoms with Gasteiger partial charge in [0, 0.05) is 0 Å². The topological polar surface area (TPSA) is 17.1 Å². The van der Waals surface area contributed by atoms with Crippen molar-refractivity contribution in [1.82, 2.24) is 0 Å². The zero-order chi connectivity index (χ0) is 14.0. The molecule has 1 nitrogen and oxygen atoms in total. The summed E-state index contributed by atoms with van der Waals surface area (Å²) >= 11 is 0. The van der Waals surface area contributed by atoms with E-state index < -0.39 is 0 Å². The van der Waals surface area contributed by atoms with Crippen molar-refractivity contribution in [3.8, 4) is 0 Å². The maximum atomic E-state index is 12.1. The maximum absolute atomic E-state index is 12.1. The molecule has 1 heterocycles. The predicted octanol–water partition coefficient (Wildman–Crippen LogP) is 3.31. The quantitative estimate of drug-likeness (QED) is 0.742. The van der Waals surface area contributed by atoms with Gasteiger partial charge in [-0.25, -0.2) is 0 Å². The summed E-state index contributed by atoms with van der Waals surface area (Å²) in [5.41, 5.74) is 2.70. The molecule has 0 saturated carbocycles. The molecule has 18 heavy (non-hydrogen) atoms. The Morgan fingerprint density at radius 2 is 1.83 bits per heavy atom. The minimum absolute atomic E-state index is 0.0479. The third-order valence-corrected chi connectivity index (χ3v) is 2.78. The van der Waals surface area contributed by atoms with Crippen LogP contribution in [0.25, 0.3) is 0 Å². The first-order valence-corrected chi connectivity index (χ1v) is 6.57. The average molecular weight is 241 g/mol. The van der Waals surface area contributed by atoms with Crippen molar-refractivity contribution in [3.63, 3.8) is 0 Å². The molecule has 1 radical (unpaired) electrons. The van der Waals surface area contributed by atoms with Crippen LogP contribution >= 0.6 is 0 Å². The SMILES string of the molecule is CC(C)(C)[B]C(=O)Cc1cccbc1C(C)(C)C. The third-order valence-electron chi connectivity index (χ3n) is 2.78. The number of carbonyl (C=O) groups excluding carboxylic acids is 1. The summed E-state index contributed by atoms with van der Waals surface area (Å²) in [6, 6.07) is 4.07. The van der Waals surface area contributed by atoms with Gasteiger partial charge in [-0.05, 0) is 0 Å². The molecule has 0 fully saturated rings. The predicted molar refractivity (Wildman–Crippen MR) is 80.7 cm³/mol. The van der Waals surface area contributed by atoms with E-state index >= 15 is 0 Å². The van der Waals surface area contributed by atoms with Gasteiger partial charge in [0.1, 0.15) is 0 Å². The fourth-order valence-corrected chi connectivity index (χ4v) is 2.13. The molecule has 0 spiro atoms. The number of hydrogen-bond acceptors (Lipinski definition) is 1. The van der Waals surface area contributed by atoms with Crippen LogP contribution < -0.4 is 0 Å². The fraction of sp³-hybridized carbons (Fsp3) is 0.600. The molecule has 0 unspecified atom stereocenters. The van der Waals surface area contributed by atoms with Gasteiger partial charge in [0.25, 0.3) is 0 Å². The Hall–Kier alpha value is -0.850. The molecule has 0 aliphatic rings. The summed E-state index contributed by atoms with van der Waals surface area (Å²) in [5.74, 6) is 2.04. The summed E-state index contributed by atoms with van der Waals surface area (Å²) in [5, 5.41) is -0.0479. The Balaban J connectivity index is 2.89. The van der Waals surface area contributed by atoms with Crippen LogP contribution in [0.2, 0.25) is 5.31 Å². The van der Waals surface area contributed by atoms with Crippen LogP contribution in [-0.4, -0.2) is 19.9 Å². The minimum atomic E-state index is -0.0479. The summed E-state index contributed by atoms with van der Waals surface area (Å²) in [6.07, 6.45) is 0.505. The van der Waals surface area contributed by atoms with Crippen LogP contribution in [0.5, 0.6) is 0 Å². The molecular formula is C15H23B2O. The Morgan fingerprint density at radius 1 is 1.22 bits per heavy atom. The molecule has 1 aromatic rings. The molecule has 0 N–H and O–H groups in total. The van der Waals surface area contributed by atoms with E-state index in [2.05, 4.69) is 54.5 Å². The van der Waals surface area contributed by atoms with Gasteiger partial charge in [0.05, 0.1) is 0 Å². The Labute approximate surface area is 113 Å². The van der Waals surface area contributed by atoms with E-state index in [9.17, 15) is 4.79 Å². The van der Waals surface area contributed by atoms with Crippen molar-refractivity contribution < 1.29 is 4.79 Å². The molecule has 1 aromatic heterocycles. The second kappa shape index (κ2) is 5.42. The van der Waals surface area contributed by atoms with Crippen LogP contribution in [0.1, 0.15) is 52.6 Å². The normalized spacial score (nSPS) is 12.1. The van der Waals surface area contributed by atoms with Crippen LogP contribution in [-0.2, 0) is 16.6 Å². The van der Waals surface area contributed by atoms with Crippen LogP contribution in [0, 0.1) is 0 Å². The van der Waals surface area contributed by atoms with E-state index in [-0.39, 0.29) is 16.4 Å². The van der Waals surface area contributed by atoms with Gasteiger partial charge in [-0.15, -0.1) is 0 Å². The molecule has 0 bridgehead atoms. The van der Waals surface area contributed by atoms with E-state index in [0.717, 1.165) is 5.56 Å². The standard InChI is InChI=1S/C15H23B2O/c1-14(2,3)13-11(8-7-9-16-13)10-12(18)17-15(4,5)6/h7-9H,10H2,1-6H3. The molecular weight excluding hydrogens is 218 g/mol. The van der Waals surface area contributed by atoms with Gasteiger partial charge in [-0.1, -0.05) is 0 Å². The van der Waals surface area contributed by atoms with Crippen LogP contribution in [0.3, 0.4) is 0 Å². The number of rotatable bonds is 3. The summed E-state index contributed by atoms with van der Waals surface area (Å²) < 4.78 is 0. The van der Waals surface area contributed by atoms with Gasteiger partial charge in [-0.2, -0.15) is 0 Å². The van der Waals surface area contributed by atoms with Gasteiger partial charge < -0.3 is 0 Å². The summed E-state index contributed by atoms with van der Waals surface area (Å²) in [7, 11) is 1.83. The van der Waals surface area contributed by atoms with Crippen molar-refractivity contribution in [2.24, 2.45) is 0 Å². The van der Waals surface area contributed by atoms with Gasteiger partial charge >= 0.3 is 112 Å². The summed E-state index contributed by atoms with van der Waals surface area (Å²) in [4.78, 5) is 12.1. The van der Waals surface area contributed by atoms with Crippen molar-refractivity contribution in [1.29, 1.82) is 0 Å². The van der Waals surface area contributed by atoms with E-state index in [1.807, 2.05) is 19.3 Å². The van der Waals surface area contributed by atoms with Crippen LogP contribution in [0.15, 0.2) is 18.1 Å². The average Bonchev–Trinajstić information content (AvgIpc) is 2.13. The van der Waals surface area contributed by atoms with E-state index in [1.54, 1.807) is 0 Å². The molecule has 0 amide bonds. The van der Waals surface area contributed by atoms with Crippen molar-refractivity contribution in [2.75, 3.05) is 0 Å². The van der Waals surface area contributed by atoms with E-state index in [4.69, 9.17) is 0 Å². The Morgan fingerprint density at radius 3 is 2.33 bits per heavy atom. The first kappa shape index (κ1) is 15.2. The van der Waals surface area contributed by atoms with E-state index in [0.29, 0.717) is 6.42 Å². The first-order chi connectivity index (χ1) is 8.09. The second-order valence-corrected chi connectivity index (χ2v) is 7.06. The molecule has 0 atom stereocenters. The van der Waals surface area contributed by atoms with Gasteiger partial charge in [-0.3, -0.25) is 0 Å². The molecule has 0 saturated heterocycles. The van der Waals surface area contributed by atoms with Crippen molar-refractivity contribution in [3.05, 3.63) is 29.1 Å². The van der Waals surface area contributed by atoms with Crippen molar-refractivity contribution in [2.45, 2.75) is 58.7 Å². The zero-order valence-electron chi connectivity index (χ0n) is 12.5. The molecule has 3 heteroatoms. The van der Waals surface area contributed by atoms with Gasteiger partial charge in [0.2, 0.25) is 0 Å². The first-order valence-electron chi connectivity index (χ1n) is 6.57. The second-order valence-electron chi connectivity index (χ2n) is 7.06. The third kappa shape index (κ3) is 4.80. The molecule has 0 aromatic carbocycles. The van der Waals surface area contributed by atoms with Gasteiger partial charge in [0.15, 0.2) is 0 Å². The Bertz CT molecular complexity index is 425. The molecule has 0 aliphatic heterocycles. The molecule has 95 valence electrons. The molecule has 1 rings (SSSR count). The fourth-order valence-electron chi connectivity index (χ4n) is 2.13. The number of carbonyl (C=O) groups is 1. The zero-order valence-corrected chi connectivity index (χ0v) is 12.5. The Kier molecular flexibility index (Phi) is 4.58. The number of hydrogen-bond donors (Lipinski definition) is 0. The summed E-state index contributed by atoms with van der Waals surface area (Å²) in [6.45, 7) is 14.8. The monoisotopic (exact) mass is 241 g/mol. The molecule has 0 aliphatic carbocycles. The van der Waals surface area contributed by atoms with Crippen molar-refractivity contribution >= 4 is 19.9 Å².